The minimum atomic E-state index is 0.254. The van der Waals surface area contributed by atoms with Gasteiger partial charge in [0.05, 0.1) is 0 Å². The van der Waals surface area contributed by atoms with Gasteiger partial charge in [-0.05, 0) is 47.3 Å². The van der Waals surface area contributed by atoms with E-state index in [9.17, 15) is 0 Å². The van der Waals surface area contributed by atoms with Crippen molar-refractivity contribution in [2.75, 3.05) is 20.6 Å². The third-order valence-corrected chi connectivity index (χ3v) is 4.98. The lowest BCUT2D eigenvalue weighted by molar-refractivity contribution is 0.103. The Morgan fingerprint density at radius 2 is 2.00 bits per heavy atom. The second-order valence-electron chi connectivity index (χ2n) is 6.73. The molecule has 120 valence electrons. The summed E-state index contributed by atoms with van der Waals surface area (Å²) < 4.78 is 2.06. The van der Waals surface area contributed by atoms with E-state index in [4.69, 9.17) is 0 Å². The normalized spacial score (nSPS) is 19.6. The molecule has 1 aromatic heterocycles. The van der Waals surface area contributed by atoms with Crippen LogP contribution in [0.4, 0.5) is 0 Å². The van der Waals surface area contributed by atoms with Crippen LogP contribution in [-0.4, -0.2) is 51.9 Å². The Hall–Kier alpha value is -0.940. The van der Waals surface area contributed by atoms with Crippen LogP contribution in [0.2, 0.25) is 0 Å². The molecule has 2 rings (SSSR count). The SMILES string of the molecule is CCNC(Cc1ncnn1C(C)C)C1(N(C)C)CCCC1. The molecule has 0 spiro atoms. The van der Waals surface area contributed by atoms with E-state index in [1.165, 1.54) is 25.7 Å². The van der Waals surface area contributed by atoms with Gasteiger partial charge in [-0.2, -0.15) is 5.10 Å². The Morgan fingerprint density at radius 1 is 1.33 bits per heavy atom. The zero-order valence-corrected chi connectivity index (χ0v) is 14.3. The van der Waals surface area contributed by atoms with Gasteiger partial charge in [-0.1, -0.05) is 19.8 Å². The number of hydrogen-bond acceptors (Lipinski definition) is 4. The van der Waals surface area contributed by atoms with E-state index in [1.54, 1.807) is 6.33 Å². The number of nitrogens with zero attached hydrogens (tertiary/aromatic N) is 4. The standard InChI is InChI=1S/C16H31N5/c1-6-17-14(16(20(4)5)9-7-8-10-16)11-15-18-12-19-21(15)13(2)3/h12-14,17H,6-11H2,1-5H3. The molecule has 1 heterocycles. The Balaban J connectivity index is 2.24. The number of aromatic nitrogens is 3. The average molecular weight is 293 g/mol. The molecule has 1 N–H and O–H groups in total. The van der Waals surface area contributed by atoms with Crippen LogP contribution >= 0.6 is 0 Å². The average Bonchev–Trinajstić information content (AvgIpc) is 3.07. The van der Waals surface area contributed by atoms with Gasteiger partial charge < -0.3 is 10.2 Å². The van der Waals surface area contributed by atoms with Crippen LogP contribution in [0.25, 0.3) is 0 Å². The highest BCUT2D eigenvalue weighted by Gasteiger charge is 2.43. The molecule has 1 aliphatic rings. The molecule has 0 bridgehead atoms. The van der Waals surface area contributed by atoms with Crippen LogP contribution in [0.3, 0.4) is 0 Å². The Kier molecular flexibility index (Phi) is 5.38. The van der Waals surface area contributed by atoms with Crippen LogP contribution in [0.1, 0.15) is 58.3 Å². The van der Waals surface area contributed by atoms with E-state index < -0.39 is 0 Å². The van der Waals surface area contributed by atoms with Crippen molar-refractivity contribution in [2.45, 2.75) is 70.5 Å². The third kappa shape index (κ3) is 3.29. The second-order valence-corrected chi connectivity index (χ2v) is 6.73. The molecule has 5 nitrogen and oxygen atoms in total. The quantitative estimate of drug-likeness (QED) is 0.837. The smallest absolute Gasteiger partial charge is 0.138 e. The van der Waals surface area contributed by atoms with Crippen molar-refractivity contribution in [3.8, 4) is 0 Å². The summed E-state index contributed by atoms with van der Waals surface area (Å²) in [6, 6.07) is 0.797. The minimum Gasteiger partial charge on any atom is -0.312 e. The summed E-state index contributed by atoms with van der Waals surface area (Å²) in [7, 11) is 4.45. The molecule has 1 unspecified atom stereocenters. The maximum absolute atomic E-state index is 4.51. The van der Waals surface area contributed by atoms with Gasteiger partial charge in [0.25, 0.3) is 0 Å². The van der Waals surface area contributed by atoms with Crippen LogP contribution in [0, 0.1) is 0 Å². The maximum Gasteiger partial charge on any atom is 0.138 e. The van der Waals surface area contributed by atoms with Gasteiger partial charge in [0.15, 0.2) is 0 Å². The fraction of sp³-hybridized carbons (Fsp3) is 0.875. The van der Waals surface area contributed by atoms with E-state index in [0.29, 0.717) is 12.1 Å². The number of nitrogens with one attached hydrogen (secondary N) is 1. The van der Waals surface area contributed by atoms with Gasteiger partial charge in [-0.15, -0.1) is 0 Å². The summed E-state index contributed by atoms with van der Waals surface area (Å²) in [6.45, 7) is 7.52. The maximum atomic E-state index is 4.51. The van der Waals surface area contributed by atoms with Gasteiger partial charge >= 0.3 is 0 Å². The number of hydrogen-bond donors (Lipinski definition) is 1. The van der Waals surface area contributed by atoms with Crippen molar-refractivity contribution < 1.29 is 0 Å². The summed E-state index contributed by atoms with van der Waals surface area (Å²) in [5, 5.41) is 8.12. The fourth-order valence-electron chi connectivity index (χ4n) is 3.83. The molecule has 1 saturated carbocycles. The van der Waals surface area contributed by atoms with Crippen LogP contribution in [-0.2, 0) is 6.42 Å². The van der Waals surface area contributed by atoms with Gasteiger partial charge in [0.1, 0.15) is 12.2 Å². The summed E-state index contributed by atoms with van der Waals surface area (Å²) in [5.74, 6) is 1.10. The lowest BCUT2D eigenvalue weighted by atomic mass is 9.84. The van der Waals surface area contributed by atoms with E-state index >= 15 is 0 Å². The highest BCUT2D eigenvalue weighted by molar-refractivity contribution is 5.06. The molecule has 0 radical (unpaired) electrons. The summed E-state index contributed by atoms with van der Waals surface area (Å²) in [4.78, 5) is 6.95. The number of likely N-dealkylation sites (N-methyl/N-ethyl adjacent to an activating group) is 2. The van der Waals surface area contributed by atoms with Crippen molar-refractivity contribution in [3.05, 3.63) is 12.2 Å². The first-order valence-corrected chi connectivity index (χ1v) is 8.30. The minimum absolute atomic E-state index is 0.254. The summed E-state index contributed by atoms with van der Waals surface area (Å²) in [5.41, 5.74) is 0.254. The molecule has 0 aliphatic heterocycles. The molecule has 1 aliphatic carbocycles. The van der Waals surface area contributed by atoms with Crippen molar-refractivity contribution >= 4 is 0 Å². The van der Waals surface area contributed by atoms with Crippen LogP contribution in [0.5, 0.6) is 0 Å². The zero-order valence-electron chi connectivity index (χ0n) is 14.3. The topological polar surface area (TPSA) is 46.0 Å². The summed E-state index contributed by atoms with van der Waals surface area (Å²) >= 11 is 0. The van der Waals surface area contributed by atoms with Gasteiger partial charge in [0, 0.05) is 24.0 Å². The lowest BCUT2D eigenvalue weighted by Crippen LogP contribution is -2.58. The van der Waals surface area contributed by atoms with E-state index in [2.05, 4.69) is 59.8 Å². The third-order valence-electron chi connectivity index (χ3n) is 4.98. The molecule has 1 fully saturated rings. The van der Waals surface area contributed by atoms with Crippen molar-refractivity contribution in [1.29, 1.82) is 0 Å². The Bertz CT molecular complexity index is 432. The van der Waals surface area contributed by atoms with Gasteiger partial charge in [-0.25, -0.2) is 9.67 Å². The first-order chi connectivity index (χ1) is 10.0. The van der Waals surface area contributed by atoms with Crippen LogP contribution in [0.15, 0.2) is 6.33 Å². The molecule has 1 aromatic rings. The molecular formula is C16H31N5. The van der Waals surface area contributed by atoms with Crippen molar-refractivity contribution in [3.63, 3.8) is 0 Å². The van der Waals surface area contributed by atoms with Gasteiger partial charge in [0.2, 0.25) is 0 Å². The zero-order chi connectivity index (χ0) is 15.5. The molecular weight excluding hydrogens is 262 g/mol. The molecule has 21 heavy (non-hydrogen) atoms. The highest BCUT2D eigenvalue weighted by Crippen LogP contribution is 2.37. The molecule has 5 heteroatoms. The van der Waals surface area contributed by atoms with E-state index in [-0.39, 0.29) is 5.54 Å². The molecule has 1 atom stereocenters. The summed E-state index contributed by atoms with van der Waals surface area (Å²) in [6.07, 6.45) is 7.84. The monoisotopic (exact) mass is 293 g/mol. The predicted molar refractivity (Wildman–Crippen MR) is 86.5 cm³/mol. The first-order valence-electron chi connectivity index (χ1n) is 8.30. The molecule has 0 aromatic carbocycles. The second kappa shape index (κ2) is 6.88. The van der Waals surface area contributed by atoms with Crippen LogP contribution < -0.4 is 5.32 Å². The predicted octanol–water partition coefficient (Wildman–Crippen LogP) is 2.25. The van der Waals surface area contributed by atoms with E-state index in [0.717, 1.165) is 18.8 Å². The van der Waals surface area contributed by atoms with Gasteiger partial charge in [-0.3, -0.25) is 0 Å². The Labute approximate surface area is 129 Å². The number of rotatable bonds is 7. The first kappa shape index (κ1) is 16.4. The highest BCUT2D eigenvalue weighted by atomic mass is 15.3. The molecule has 0 saturated heterocycles. The Morgan fingerprint density at radius 3 is 2.52 bits per heavy atom. The van der Waals surface area contributed by atoms with Crippen molar-refractivity contribution in [1.82, 2.24) is 25.0 Å². The largest absolute Gasteiger partial charge is 0.312 e. The van der Waals surface area contributed by atoms with Crippen molar-refractivity contribution in [2.24, 2.45) is 0 Å². The molecule has 0 amide bonds. The fourth-order valence-corrected chi connectivity index (χ4v) is 3.83. The lowest BCUT2D eigenvalue weighted by Gasteiger charge is -2.43. The van der Waals surface area contributed by atoms with E-state index in [1.807, 2.05) is 0 Å².